The summed E-state index contributed by atoms with van der Waals surface area (Å²) < 4.78 is 0. The molecule has 2 amide bonds. The SMILES string of the molecule is O=C([O-])c1ccccc1N1C(=O)Nc2ccccc2N1O. The summed E-state index contributed by atoms with van der Waals surface area (Å²) in [5, 5.41) is 25.4. The Bertz CT molecular complexity index is 732. The molecule has 0 bridgehead atoms. The van der Waals surface area contributed by atoms with E-state index in [1.807, 2.05) is 0 Å². The summed E-state index contributed by atoms with van der Waals surface area (Å²) in [4.78, 5) is 23.3. The number of carbonyl (C=O) groups excluding carboxylic acids is 2. The first-order chi connectivity index (χ1) is 10.1. The third-order valence-electron chi connectivity index (χ3n) is 3.10. The molecule has 0 aromatic heterocycles. The number of carboxylic acid groups (broad SMARTS) is 1. The summed E-state index contributed by atoms with van der Waals surface area (Å²) in [7, 11) is 0. The second-order valence-electron chi connectivity index (χ2n) is 4.35. The number of anilines is 3. The Morgan fingerprint density at radius 3 is 2.38 bits per heavy atom. The van der Waals surface area contributed by atoms with Crippen molar-refractivity contribution in [2.45, 2.75) is 0 Å². The Balaban J connectivity index is 2.12. The maximum atomic E-state index is 12.1. The molecule has 7 heteroatoms. The number of nitrogens with one attached hydrogen (secondary N) is 1. The van der Waals surface area contributed by atoms with Crippen molar-refractivity contribution < 1.29 is 19.9 Å². The molecule has 3 rings (SSSR count). The van der Waals surface area contributed by atoms with Crippen molar-refractivity contribution in [3.05, 3.63) is 54.1 Å². The average molecular weight is 284 g/mol. The van der Waals surface area contributed by atoms with Gasteiger partial charge in [0, 0.05) is 5.56 Å². The molecule has 0 atom stereocenters. The van der Waals surface area contributed by atoms with E-state index in [0.29, 0.717) is 16.5 Å². The topological polar surface area (TPSA) is 95.9 Å². The van der Waals surface area contributed by atoms with Crippen LogP contribution < -0.4 is 20.6 Å². The zero-order chi connectivity index (χ0) is 15.0. The van der Waals surface area contributed by atoms with Crippen molar-refractivity contribution in [2.75, 3.05) is 15.5 Å². The van der Waals surface area contributed by atoms with Gasteiger partial charge in [-0.25, -0.2) is 4.79 Å². The summed E-state index contributed by atoms with van der Waals surface area (Å²) in [6.07, 6.45) is 0. The third kappa shape index (κ3) is 2.05. The Kier molecular flexibility index (Phi) is 2.96. The van der Waals surface area contributed by atoms with Crippen molar-refractivity contribution in [2.24, 2.45) is 0 Å². The standard InChI is InChI=1S/C14H11N3O4/c18-13(19)9-5-1-3-7-11(9)16-14(20)15-10-6-2-4-8-12(10)17(16)21/h1-8,21H,(H,15,20)(H,18,19)/p-1. The van der Waals surface area contributed by atoms with Gasteiger partial charge in [0.25, 0.3) is 0 Å². The number of carbonyl (C=O) groups is 2. The van der Waals surface area contributed by atoms with E-state index >= 15 is 0 Å². The monoisotopic (exact) mass is 284 g/mol. The minimum Gasteiger partial charge on any atom is -0.545 e. The molecule has 106 valence electrons. The molecule has 0 fully saturated rings. The molecule has 0 aliphatic carbocycles. The normalized spacial score (nSPS) is 13.7. The zero-order valence-electron chi connectivity index (χ0n) is 10.7. The fourth-order valence-electron chi connectivity index (χ4n) is 2.16. The van der Waals surface area contributed by atoms with Crippen LogP contribution in [0.5, 0.6) is 0 Å². The fourth-order valence-corrected chi connectivity index (χ4v) is 2.16. The first kappa shape index (κ1) is 12.9. The van der Waals surface area contributed by atoms with Gasteiger partial charge in [0.2, 0.25) is 0 Å². The summed E-state index contributed by atoms with van der Waals surface area (Å²) in [6.45, 7) is 0. The first-order valence-electron chi connectivity index (χ1n) is 6.09. The molecule has 7 nitrogen and oxygen atoms in total. The number of rotatable bonds is 2. The Labute approximate surface area is 119 Å². The molecule has 0 spiro atoms. The van der Waals surface area contributed by atoms with Crippen molar-refractivity contribution in [3.63, 3.8) is 0 Å². The van der Waals surface area contributed by atoms with Gasteiger partial charge in [-0.3, -0.25) is 5.21 Å². The lowest BCUT2D eigenvalue weighted by atomic mass is 10.1. The number of para-hydroxylation sites is 3. The number of amides is 2. The summed E-state index contributed by atoms with van der Waals surface area (Å²) in [5.41, 5.74) is 0.551. The smallest absolute Gasteiger partial charge is 0.347 e. The van der Waals surface area contributed by atoms with Crippen molar-refractivity contribution in [3.8, 4) is 0 Å². The van der Waals surface area contributed by atoms with Crippen LogP contribution in [-0.2, 0) is 0 Å². The Morgan fingerprint density at radius 1 is 1.05 bits per heavy atom. The van der Waals surface area contributed by atoms with Crippen LogP contribution in [0.2, 0.25) is 0 Å². The van der Waals surface area contributed by atoms with Crippen molar-refractivity contribution in [1.82, 2.24) is 0 Å². The van der Waals surface area contributed by atoms with Gasteiger partial charge in [0.1, 0.15) is 5.69 Å². The molecule has 2 aromatic rings. The van der Waals surface area contributed by atoms with Gasteiger partial charge in [-0.05, 0) is 18.2 Å². The molecule has 21 heavy (non-hydrogen) atoms. The molecular formula is C14H10N3O4-. The van der Waals surface area contributed by atoms with E-state index in [4.69, 9.17) is 0 Å². The minimum absolute atomic E-state index is 0.00648. The molecule has 0 saturated heterocycles. The largest absolute Gasteiger partial charge is 0.545 e. The predicted octanol–water partition coefficient (Wildman–Crippen LogP) is 1.21. The van der Waals surface area contributed by atoms with E-state index < -0.39 is 12.0 Å². The van der Waals surface area contributed by atoms with Crippen molar-refractivity contribution in [1.29, 1.82) is 0 Å². The average Bonchev–Trinajstić information content (AvgIpc) is 2.47. The van der Waals surface area contributed by atoms with Crippen LogP contribution in [0.4, 0.5) is 21.9 Å². The number of nitrogens with zero attached hydrogens (tertiary/aromatic N) is 2. The highest BCUT2D eigenvalue weighted by Crippen LogP contribution is 2.33. The van der Waals surface area contributed by atoms with Crippen LogP contribution in [0.3, 0.4) is 0 Å². The fraction of sp³-hybridized carbons (Fsp3) is 0. The number of hydrazine groups is 1. The summed E-state index contributed by atoms with van der Waals surface area (Å²) >= 11 is 0. The number of fused-ring (bicyclic) bond motifs is 1. The van der Waals surface area contributed by atoms with Crippen molar-refractivity contribution >= 4 is 29.1 Å². The number of hydrogen-bond donors (Lipinski definition) is 2. The zero-order valence-corrected chi connectivity index (χ0v) is 10.7. The number of benzene rings is 2. The van der Waals surface area contributed by atoms with Crippen LogP contribution in [0.15, 0.2) is 48.5 Å². The minimum atomic E-state index is -1.44. The lowest BCUT2D eigenvalue weighted by molar-refractivity contribution is -0.254. The van der Waals surface area contributed by atoms with Crippen LogP contribution in [-0.4, -0.2) is 17.2 Å². The molecule has 0 unspecified atom stereocenters. The molecular weight excluding hydrogens is 274 g/mol. The van der Waals surface area contributed by atoms with E-state index in [-0.39, 0.29) is 11.3 Å². The predicted molar refractivity (Wildman–Crippen MR) is 73.0 cm³/mol. The number of hydrogen-bond acceptors (Lipinski definition) is 5. The Hall–Kier alpha value is -3.06. The lowest BCUT2D eigenvalue weighted by Crippen LogP contribution is -2.51. The quantitative estimate of drug-likeness (QED) is 0.864. The van der Waals surface area contributed by atoms with E-state index in [2.05, 4.69) is 5.32 Å². The van der Waals surface area contributed by atoms with Gasteiger partial charge < -0.3 is 15.2 Å². The molecule has 2 N–H and O–H groups in total. The third-order valence-corrected chi connectivity index (χ3v) is 3.10. The van der Waals surface area contributed by atoms with Crippen LogP contribution in [0.1, 0.15) is 10.4 Å². The van der Waals surface area contributed by atoms with Crippen LogP contribution in [0, 0.1) is 0 Å². The highest BCUT2D eigenvalue weighted by Gasteiger charge is 2.31. The molecule has 1 heterocycles. The van der Waals surface area contributed by atoms with Gasteiger partial charge in [-0.15, -0.1) is 0 Å². The number of carboxylic acids is 1. The van der Waals surface area contributed by atoms with Gasteiger partial charge in [0.15, 0.2) is 0 Å². The number of aromatic carboxylic acids is 1. The van der Waals surface area contributed by atoms with E-state index in [9.17, 15) is 19.9 Å². The highest BCUT2D eigenvalue weighted by molar-refractivity contribution is 6.10. The Morgan fingerprint density at radius 2 is 1.67 bits per heavy atom. The van der Waals surface area contributed by atoms with E-state index in [1.54, 1.807) is 30.3 Å². The molecule has 1 aliphatic rings. The second-order valence-corrected chi connectivity index (χ2v) is 4.35. The van der Waals surface area contributed by atoms with Gasteiger partial charge >= 0.3 is 6.03 Å². The maximum absolute atomic E-state index is 12.1. The second kappa shape index (κ2) is 4.80. The van der Waals surface area contributed by atoms with Crippen LogP contribution in [0.25, 0.3) is 0 Å². The molecule has 2 aromatic carbocycles. The van der Waals surface area contributed by atoms with Gasteiger partial charge in [0.05, 0.1) is 17.3 Å². The number of urea groups is 1. The molecule has 0 saturated carbocycles. The van der Waals surface area contributed by atoms with E-state index in [1.165, 1.54) is 18.2 Å². The van der Waals surface area contributed by atoms with Crippen LogP contribution >= 0.6 is 0 Å². The highest BCUT2D eigenvalue weighted by atomic mass is 16.6. The molecule has 0 radical (unpaired) electrons. The van der Waals surface area contributed by atoms with Gasteiger partial charge in [-0.2, -0.15) is 10.2 Å². The van der Waals surface area contributed by atoms with E-state index in [0.717, 1.165) is 5.01 Å². The summed E-state index contributed by atoms with van der Waals surface area (Å²) in [5.74, 6) is -1.44. The molecule has 1 aliphatic heterocycles. The lowest BCUT2D eigenvalue weighted by Gasteiger charge is -2.37. The van der Waals surface area contributed by atoms with Gasteiger partial charge in [-0.1, -0.05) is 30.3 Å². The summed E-state index contributed by atoms with van der Waals surface area (Å²) in [6, 6.07) is 11.7. The maximum Gasteiger partial charge on any atom is 0.347 e. The first-order valence-corrected chi connectivity index (χ1v) is 6.09.